The van der Waals surface area contributed by atoms with E-state index in [1.54, 1.807) is 6.20 Å². The topological polar surface area (TPSA) is 63.3 Å². The third kappa shape index (κ3) is 2.85. The van der Waals surface area contributed by atoms with Gasteiger partial charge < -0.3 is 19.4 Å². The number of fused-ring (bicyclic) bond motifs is 1. The fraction of sp³-hybridized carbons (Fsp3) is 0.600. The quantitative estimate of drug-likeness (QED) is 0.883. The number of anilines is 1. The van der Waals surface area contributed by atoms with E-state index >= 15 is 0 Å². The largest absolute Gasteiger partial charge is 0.381 e. The minimum Gasteiger partial charge on any atom is -0.381 e. The molecular formula is C15H19BrN4O2. The fourth-order valence-corrected chi connectivity index (χ4v) is 3.58. The second kappa shape index (κ2) is 6.14. The molecule has 0 saturated carbocycles. The molecule has 4 heterocycles. The molecule has 2 aliphatic rings. The number of halogens is 1. The van der Waals surface area contributed by atoms with Crippen molar-refractivity contribution in [3.8, 4) is 0 Å². The van der Waals surface area contributed by atoms with E-state index in [-0.39, 0.29) is 6.10 Å². The van der Waals surface area contributed by atoms with Crippen LogP contribution in [0.2, 0.25) is 0 Å². The number of nitrogens with one attached hydrogen (secondary N) is 1. The number of pyridine rings is 1. The van der Waals surface area contributed by atoms with E-state index in [1.807, 2.05) is 6.07 Å². The Morgan fingerprint density at radius 3 is 3.00 bits per heavy atom. The number of imidazole rings is 1. The molecule has 0 aliphatic carbocycles. The molecule has 2 saturated heterocycles. The second-order valence-electron chi connectivity index (χ2n) is 5.89. The van der Waals surface area contributed by atoms with E-state index in [0.717, 1.165) is 67.3 Å². The van der Waals surface area contributed by atoms with Gasteiger partial charge in [0.1, 0.15) is 0 Å². The molecule has 0 aromatic carbocycles. The van der Waals surface area contributed by atoms with Crippen LogP contribution in [-0.4, -0.2) is 54.0 Å². The van der Waals surface area contributed by atoms with Gasteiger partial charge in [0, 0.05) is 37.0 Å². The molecule has 6 nitrogen and oxygen atoms in total. The van der Waals surface area contributed by atoms with Gasteiger partial charge >= 0.3 is 0 Å². The van der Waals surface area contributed by atoms with Crippen LogP contribution in [0.4, 0.5) is 5.95 Å². The van der Waals surface area contributed by atoms with Gasteiger partial charge in [-0.25, -0.2) is 4.98 Å². The van der Waals surface area contributed by atoms with Crippen LogP contribution in [0.5, 0.6) is 0 Å². The van der Waals surface area contributed by atoms with Crippen molar-refractivity contribution in [2.24, 2.45) is 5.92 Å². The lowest BCUT2D eigenvalue weighted by molar-refractivity contribution is -0.0401. The Morgan fingerprint density at radius 1 is 1.27 bits per heavy atom. The lowest BCUT2D eigenvalue weighted by Gasteiger charge is -2.38. The molecule has 0 radical (unpaired) electrons. The average molecular weight is 367 g/mol. The van der Waals surface area contributed by atoms with Gasteiger partial charge in [-0.15, -0.1) is 0 Å². The number of aromatic nitrogens is 3. The van der Waals surface area contributed by atoms with Gasteiger partial charge in [0.15, 0.2) is 5.65 Å². The average Bonchev–Trinajstić information content (AvgIpc) is 2.99. The second-order valence-corrected chi connectivity index (χ2v) is 6.81. The van der Waals surface area contributed by atoms with Crippen molar-refractivity contribution in [2.45, 2.75) is 18.9 Å². The molecule has 4 rings (SSSR count). The number of ether oxygens (including phenoxy) is 2. The molecule has 7 heteroatoms. The number of nitrogens with zero attached hydrogens (tertiary/aromatic N) is 3. The Hall–Kier alpha value is -1.18. The van der Waals surface area contributed by atoms with E-state index < -0.39 is 0 Å². The Balaban J connectivity index is 1.52. The molecular weight excluding hydrogens is 348 g/mol. The van der Waals surface area contributed by atoms with Crippen molar-refractivity contribution < 1.29 is 9.47 Å². The van der Waals surface area contributed by atoms with Crippen LogP contribution in [0.1, 0.15) is 12.8 Å². The molecule has 0 bridgehead atoms. The summed E-state index contributed by atoms with van der Waals surface area (Å²) in [7, 11) is 0. The van der Waals surface area contributed by atoms with Crippen LogP contribution in [0.15, 0.2) is 16.7 Å². The molecule has 0 spiro atoms. The first-order chi connectivity index (χ1) is 10.8. The number of aromatic amines is 1. The van der Waals surface area contributed by atoms with Gasteiger partial charge in [0.05, 0.1) is 18.2 Å². The normalized spacial score (nSPS) is 24.0. The molecule has 1 unspecified atom stereocenters. The van der Waals surface area contributed by atoms with Crippen LogP contribution in [-0.2, 0) is 9.47 Å². The number of morpholine rings is 1. The lowest BCUT2D eigenvalue weighted by atomic mass is 9.93. The molecule has 2 fully saturated rings. The molecule has 1 N–H and O–H groups in total. The van der Waals surface area contributed by atoms with Crippen LogP contribution < -0.4 is 4.90 Å². The van der Waals surface area contributed by atoms with Gasteiger partial charge in [-0.1, -0.05) is 0 Å². The number of H-pyrrole nitrogens is 1. The van der Waals surface area contributed by atoms with Crippen molar-refractivity contribution >= 4 is 33.0 Å². The zero-order valence-electron chi connectivity index (χ0n) is 12.3. The minimum absolute atomic E-state index is 0.269. The maximum atomic E-state index is 6.00. The number of rotatable bonds is 2. The van der Waals surface area contributed by atoms with Crippen molar-refractivity contribution in [2.75, 3.05) is 37.8 Å². The molecule has 22 heavy (non-hydrogen) atoms. The van der Waals surface area contributed by atoms with Gasteiger partial charge in [0.25, 0.3) is 0 Å². The maximum absolute atomic E-state index is 6.00. The van der Waals surface area contributed by atoms with E-state index in [2.05, 4.69) is 35.8 Å². The van der Waals surface area contributed by atoms with E-state index in [1.165, 1.54) is 0 Å². The van der Waals surface area contributed by atoms with Crippen LogP contribution in [0.25, 0.3) is 11.2 Å². The number of hydrogen-bond acceptors (Lipinski definition) is 5. The smallest absolute Gasteiger partial charge is 0.205 e. The standard InChI is InChI=1S/C15H19BrN4O2/c16-11-7-12-14(17-8-11)19-15(18-12)20-3-6-22-13(9-20)10-1-4-21-5-2-10/h7-8,10,13H,1-6,9H2,(H,17,18,19). The maximum Gasteiger partial charge on any atom is 0.205 e. The third-order valence-corrected chi connectivity index (χ3v) is 4.91. The Bertz CT molecular complexity index is 656. The van der Waals surface area contributed by atoms with Gasteiger partial charge in [0.2, 0.25) is 5.95 Å². The summed E-state index contributed by atoms with van der Waals surface area (Å²) >= 11 is 3.44. The third-order valence-electron chi connectivity index (χ3n) is 4.48. The predicted octanol–water partition coefficient (Wildman–Crippen LogP) is 2.35. The van der Waals surface area contributed by atoms with Crippen LogP contribution in [0.3, 0.4) is 0 Å². The van der Waals surface area contributed by atoms with E-state index in [9.17, 15) is 0 Å². The summed E-state index contributed by atoms with van der Waals surface area (Å²) in [5, 5.41) is 0. The SMILES string of the molecule is Brc1cnc2nc(N3CCOC(C4CCOCC4)C3)[nH]c2c1. The Morgan fingerprint density at radius 2 is 2.14 bits per heavy atom. The zero-order valence-corrected chi connectivity index (χ0v) is 13.9. The molecule has 118 valence electrons. The molecule has 2 aliphatic heterocycles. The van der Waals surface area contributed by atoms with Crippen molar-refractivity contribution in [3.63, 3.8) is 0 Å². The summed E-state index contributed by atoms with van der Waals surface area (Å²) in [5.74, 6) is 1.48. The Kier molecular flexibility index (Phi) is 4.02. The van der Waals surface area contributed by atoms with Gasteiger partial charge in [-0.05, 0) is 40.8 Å². The van der Waals surface area contributed by atoms with Crippen molar-refractivity contribution in [1.82, 2.24) is 15.0 Å². The van der Waals surface area contributed by atoms with Gasteiger partial charge in [-0.3, -0.25) is 0 Å². The first-order valence-corrected chi connectivity index (χ1v) is 8.54. The van der Waals surface area contributed by atoms with E-state index in [0.29, 0.717) is 5.92 Å². The fourth-order valence-electron chi connectivity index (χ4n) is 3.25. The van der Waals surface area contributed by atoms with Crippen LogP contribution >= 0.6 is 15.9 Å². The lowest BCUT2D eigenvalue weighted by Crippen LogP contribution is -2.47. The number of hydrogen-bond donors (Lipinski definition) is 1. The minimum atomic E-state index is 0.269. The predicted molar refractivity (Wildman–Crippen MR) is 87.1 cm³/mol. The van der Waals surface area contributed by atoms with Crippen LogP contribution in [0, 0.1) is 5.92 Å². The highest BCUT2D eigenvalue weighted by atomic mass is 79.9. The summed E-state index contributed by atoms with van der Waals surface area (Å²) in [6, 6.07) is 2.01. The highest BCUT2D eigenvalue weighted by Gasteiger charge is 2.30. The first kappa shape index (κ1) is 14.4. The summed E-state index contributed by atoms with van der Waals surface area (Å²) in [6.07, 6.45) is 4.22. The summed E-state index contributed by atoms with van der Waals surface area (Å²) in [6.45, 7) is 4.20. The first-order valence-electron chi connectivity index (χ1n) is 7.75. The molecule has 0 amide bonds. The summed E-state index contributed by atoms with van der Waals surface area (Å²) in [4.78, 5) is 14.6. The summed E-state index contributed by atoms with van der Waals surface area (Å²) < 4.78 is 12.4. The highest BCUT2D eigenvalue weighted by molar-refractivity contribution is 9.10. The molecule has 1 atom stereocenters. The molecule has 2 aromatic heterocycles. The van der Waals surface area contributed by atoms with Gasteiger partial charge in [-0.2, -0.15) is 4.98 Å². The van der Waals surface area contributed by atoms with Crippen molar-refractivity contribution in [1.29, 1.82) is 0 Å². The monoisotopic (exact) mass is 366 g/mol. The van der Waals surface area contributed by atoms with Crippen molar-refractivity contribution in [3.05, 3.63) is 16.7 Å². The highest BCUT2D eigenvalue weighted by Crippen LogP contribution is 2.26. The van der Waals surface area contributed by atoms with E-state index in [4.69, 9.17) is 9.47 Å². The molecule has 2 aromatic rings. The summed E-state index contributed by atoms with van der Waals surface area (Å²) in [5.41, 5.74) is 1.71. The Labute approximate surface area is 137 Å². The zero-order chi connectivity index (χ0) is 14.9.